The van der Waals surface area contributed by atoms with Gasteiger partial charge in [0.2, 0.25) is 0 Å². The quantitative estimate of drug-likeness (QED) is 0.460. The number of aliphatic hydroxyl groups excluding tert-OH is 1. The van der Waals surface area contributed by atoms with E-state index in [1.807, 2.05) is 0 Å². The summed E-state index contributed by atoms with van der Waals surface area (Å²) in [7, 11) is 0. The molecule has 10 heavy (non-hydrogen) atoms. The van der Waals surface area contributed by atoms with E-state index in [0.717, 1.165) is 0 Å². The topological polar surface area (TPSA) is 37.3 Å². The highest BCUT2D eigenvalue weighted by Gasteiger charge is 1.94. The van der Waals surface area contributed by atoms with Crippen molar-refractivity contribution in [3.05, 3.63) is 18.6 Å². The third kappa shape index (κ3) is 5.51. The number of allylic oxidation sites excluding steroid dienone is 2. The van der Waals surface area contributed by atoms with Crippen LogP contribution in [0.2, 0.25) is 0 Å². The van der Waals surface area contributed by atoms with E-state index in [2.05, 4.69) is 0 Å². The van der Waals surface area contributed by atoms with Crippen molar-refractivity contribution in [1.82, 2.24) is 0 Å². The molecule has 0 aliphatic heterocycles. The summed E-state index contributed by atoms with van der Waals surface area (Å²) in [6, 6.07) is 0. The normalized spacial score (nSPS) is 10.6. The van der Waals surface area contributed by atoms with Gasteiger partial charge in [0.25, 0.3) is 0 Å². The summed E-state index contributed by atoms with van der Waals surface area (Å²) in [6.07, 6.45) is 6.13. The van der Waals surface area contributed by atoms with Gasteiger partial charge in [-0.25, -0.2) is 0 Å². The maximum atomic E-state index is 10.7. The van der Waals surface area contributed by atoms with Crippen molar-refractivity contribution >= 4 is 5.78 Å². The van der Waals surface area contributed by atoms with Gasteiger partial charge in [-0.2, -0.15) is 0 Å². The van der Waals surface area contributed by atoms with Crippen LogP contribution in [-0.2, 0) is 4.79 Å². The minimum absolute atomic E-state index is 0.0240. The summed E-state index contributed by atoms with van der Waals surface area (Å²) >= 11 is 0. The minimum Gasteiger partial charge on any atom is -0.396 e. The number of rotatable bonds is 5. The number of carbonyl (C=O) groups excluding carboxylic acids is 1. The highest BCUT2D eigenvalue weighted by Crippen LogP contribution is 1.94. The second kappa shape index (κ2) is 6.49. The highest BCUT2D eigenvalue weighted by atomic mass is 16.2. The summed E-state index contributed by atoms with van der Waals surface area (Å²) in [6.45, 7) is 1.96. The molecule has 0 unspecified atom stereocenters. The largest absolute Gasteiger partial charge is 0.396 e. The maximum absolute atomic E-state index is 10.7. The lowest BCUT2D eigenvalue weighted by atomic mass is 10.2. The van der Waals surface area contributed by atoms with E-state index in [1.165, 1.54) is 6.08 Å². The van der Waals surface area contributed by atoms with Crippen molar-refractivity contribution in [1.29, 1.82) is 0 Å². The van der Waals surface area contributed by atoms with E-state index in [0.29, 0.717) is 12.8 Å². The molecular weight excluding hydrogens is 128 g/mol. The lowest BCUT2D eigenvalue weighted by Crippen LogP contribution is -1.94. The molecule has 1 N–H and O–H groups in total. The first-order valence-corrected chi connectivity index (χ1v) is 3.42. The Morgan fingerprint density at radius 3 is 2.80 bits per heavy atom. The molecule has 0 amide bonds. The molecule has 0 heterocycles. The average molecular weight is 141 g/mol. The summed E-state index contributed by atoms with van der Waals surface area (Å²) in [4.78, 5) is 10.7. The van der Waals surface area contributed by atoms with Crippen molar-refractivity contribution in [3.63, 3.8) is 0 Å². The zero-order valence-electron chi connectivity index (χ0n) is 6.21. The van der Waals surface area contributed by atoms with E-state index in [1.54, 1.807) is 19.4 Å². The Labute approximate surface area is 61.6 Å². The van der Waals surface area contributed by atoms with Crippen molar-refractivity contribution < 1.29 is 9.90 Å². The van der Waals surface area contributed by atoms with E-state index < -0.39 is 0 Å². The molecule has 0 aromatic heterocycles. The van der Waals surface area contributed by atoms with Crippen LogP contribution in [0.15, 0.2) is 12.2 Å². The Morgan fingerprint density at radius 2 is 2.30 bits per heavy atom. The molecule has 0 aliphatic rings. The predicted octanol–water partition coefficient (Wildman–Crippen LogP) is 1.11. The summed E-state index contributed by atoms with van der Waals surface area (Å²) < 4.78 is 0. The van der Waals surface area contributed by atoms with Crippen LogP contribution >= 0.6 is 0 Å². The molecular formula is C8H13O2. The molecule has 0 bridgehead atoms. The van der Waals surface area contributed by atoms with Gasteiger partial charge in [0, 0.05) is 13.0 Å². The van der Waals surface area contributed by atoms with Crippen molar-refractivity contribution in [3.8, 4) is 0 Å². The van der Waals surface area contributed by atoms with Crippen LogP contribution in [-0.4, -0.2) is 17.5 Å². The standard InChI is InChI=1S/C8H13O2/c1-2-5-8(10)6-3-4-7-9/h2,5-6,9H,3-4,7H2,1H3. The van der Waals surface area contributed by atoms with Crippen LogP contribution in [0.3, 0.4) is 0 Å². The van der Waals surface area contributed by atoms with Gasteiger partial charge < -0.3 is 5.11 Å². The Hall–Kier alpha value is -0.630. The first-order chi connectivity index (χ1) is 4.81. The Balaban J connectivity index is 3.22. The van der Waals surface area contributed by atoms with Crippen LogP contribution < -0.4 is 0 Å². The number of carbonyl (C=O) groups is 1. The molecule has 2 heteroatoms. The van der Waals surface area contributed by atoms with Gasteiger partial charge in [-0.05, 0) is 25.8 Å². The van der Waals surface area contributed by atoms with Crippen molar-refractivity contribution in [2.75, 3.05) is 6.61 Å². The van der Waals surface area contributed by atoms with Crippen LogP contribution in [0.4, 0.5) is 0 Å². The van der Waals surface area contributed by atoms with E-state index in [-0.39, 0.29) is 12.4 Å². The smallest absolute Gasteiger partial charge is 0.159 e. The van der Waals surface area contributed by atoms with Gasteiger partial charge in [-0.3, -0.25) is 4.79 Å². The van der Waals surface area contributed by atoms with Crippen molar-refractivity contribution in [2.45, 2.75) is 19.8 Å². The zero-order chi connectivity index (χ0) is 7.82. The molecule has 2 nitrogen and oxygen atoms in total. The van der Waals surface area contributed by atoms with Crippen LogP contribution in [0, 0.1) is 6.42 Å². The molecule has 0 rings (SSSR count). The number of aliphatic hydroxyl groups is 1. The van der Waals surface area contributed by atoms with Crippen LogP contribution in [0.5, 0.6) is 0 Å². The van der Waals surface area contributed by atoms with E-state index >= 15 is 0 Å². The fraction of sp³-hybridized carbons (Fsp3) is 0.500. The Kier molecular flexibility index (Phi) is 6.08. The predicted molar refractivity (Wildman–Crippen MR) is 40.4 cm³/mol. The second-order valence-corrected chi connectivity index (χ2v) is 1.97. The fourth-order valence-electron chi connectivity index (χ4n) is 0.568. The Bertz CT molecular complexity index is 116. The number of unbranched alkanes of at least 4 members (excludes halogenated alkanes) is 1. The van der Waals surface area contributed by atoms with Gasteiger partial charge in [-0.1, -0.05) is 6.08 Å². The van der Waals surface area contributed by atoms with Gasteiger partial charge in [0.1, 0.15) is 0 Å². The fourth-order valence-corrected chi connectivity index (χ4v) is 0.568. The van der Waals surface area contributed by atoms with Crippen LogP contribution in [0.1, 0.15) is 19.8 Å². The monoisotopic (exact) mass is 141 g/mol. The second-order valence-electron chi connectivity index (χ2n) is 1.97. The first kappa shape index (κ1) is 9.37. The number of hydrogen-bond acceptors (Lipinski definition) is 2. The lowest BCUT2D eigenvalue weighted by Gasteiger charge is -1.91. The maximum Gasteiger partial charge on any atom is 0.159 e. The molecule has 0 aromatic rings. The molecule has 0 saturated carbocycles. The van der Waals surface area contributed by atoms with Gasteiger partial charge >= 0.3 is 0 Å². The molecule has 0 fully saturated rings. The molecule has 0 atom stereocenters. The SMILES string of the molecule is CC=CC(=O)[CH]CCCO. The van der Waals surface area contributed by atoms with Gasteiger partial charge in [-0.15, -0.1) is 0 Å². The minimum atomic E-state index is 0.0240. The lowest BCUT2D eigenvalue weighted by molar-refractivity contribution is -0.111. The highest BCUT2D eigenvalue weighted by molar-refractivity contribution is 5.96. The molecule has 0 saturated heterocycles. The third-order valence-corrected chi connectivity index (χ3v) is 1.04. The number of hydrogen-bond donors (Lipinski definition) is 1. The van der Waals surface area contributed by atoms with E-state index in [4.69, 9.17) is 5.11 Å². The summed E-state index contributed by atoms with van der Waals surface area (Å²) in [5, 5.41) is 8.36. The van der Waals surface area contributed by atoms with Gasteiger partial charge in [0.05, 0.1) is 0 Å². The summed E-state index contributed by atoms with van der Waals surface area (Å²) in [5.41, 5.74) is 0. The molecule has 0 aliphatic carbocycles. The third-order valence-electron chi connectivity index (χ3n) is 1.04. The molecule has 57 valence electrons. The molecule has 1 radical (unpaired) electrons. The van der Waals surface area contributed by atoms with Crippen molar-refractivity contribution in [2.24, 2.45) is 0 Å². The summed E-state index contributed by atoms with van der Waals surface area (Å²) in [5.74, 6) is 0.0240. The van der Waals surface area contributed by atoms with Gasteiger partial charge in [0.15, 0.2) is 5.78 Å². The Morgan fingerprint density at radius 1 is 1.60 bits per heavy atom. The van der Waals surface area contributed by atoms with E-state index in [9.17, 15) is 4.79 Å². The molecule has 0 aromatic carbocycles. The zero-order valence-corrected chi connectivity index (χ0v) is 6.21. The molecule has 0 spiro atoms. The number of ketones is 1. The first-order valence-electron chi connectivity index (χ1n) is 3.42. The van der Waals surface area contributed by atoms with Crippen LogP contribution in [0.25, 0.3) is 0 Å². The average Bonchev–Trinajstić information content (AvgIpc) is 1.89.